The van der Waals surface area contributed by atoms with Crippen molar-refractivity contribution in [3.05, 3.63) is 35.9 Å². The molecule has 4 heteroatoms. The maximum atomic E-state index is 12.4. The molecule has 2 N–H and O–H groups in total. The van der Waals surface area contributed by atoms with Crippen LogP contribution >= 0.6 is 0 Å². The van der Waals surface area contributed by atoms with E-state index in [9.17, 15) is 4.79 Å². The molecule has 1 fully saturated rings. The van der Waals surface area contributed by atoms with Crippen molar-refractivity contribution >= 4 is 5.91 Å². The molecule has 1 amide bonds. The Morgan fingerprint density at radius 1 is 1.24 bits per heavy atom. The van der Waals surface area contributed by atoms with E-state index in [-0.39, 0.29) is 17.4 Å². The maximum absolute atomic E-state index is 12.4. The first-order valence-corrected chi connectivity index (χ1v) is 7.74. The monoisotopic (exact) mass is 289 g/mol. The fourth-order valence-electron chi connectivity index (χ4n) is 2.72. The van der Waals surface area contributed by atoms with E-state index < -0.39 is 0 Å². The number of rotatable bonds is 4. The minimum atomic E-state index is -0.0134. The molecule has 0 aliphatic carbocycles. The smallest absolute Gasteiger partial charge is 0.234 e. The average molecular weight is 289 g/mol. The topological polar surface area (TPSA) is 44.4 Å². The van der Waals surface area contributed by atoms with Crippen molar-refractivity contribution in [2.75, 3.05) is 32.7 Å². The van der Waals surface area contributed by atoms with Crippen molar-refractivity contribution in [2.45, 2.75) is 26.8 Å². The van der Waals surface area contributed by atoms with Gasteiger partial charge in [-0.05, 0) is 11.0 Å². The Morgan fingerprint density at radius 2 is 1.86 bits per heavy atom. The highest BCUT2D eigenvalue weighted by molar-refractivity contribution is 5.78. The molecule has 1 aromatic rings. The summed E-state index contributed by atoms with van der Waals surface area (Å²) in [7, 11) is 0. The fourth-order valence-corrected chi connectivity index (χ4v) is 2.72. The number of benzene rings is 1. The molecular weight excluding hydrogens is 262 g/mol. The molecule has 116 valence electrons. The highest BCUT2D eigenvalue weighted by atomic mass is 16.2. The predicted octanol–water partition coefficient (Wildman–Crippen LogP) is 1.80. The van der Waals surface area contributed by atoms with Crippen LogP contribution in [-0.2, 0) is 4.79 Å². The molecule has 1 aliphatic heterocycles. The summed E-state index contributed by atoms with van der Waals surface area (Å²) < 4.78 is 0. The van der Waals surface area contributed by atoms with Crippen LogP contribution in [0, 0.1) is 5.41 Å². The van der Waals surface area contributed by atoms with E-state index in [1.807, 2.05) is 18.2 Å². The summed E-state index contributed by atoms with van der Waals surface area (Å²) in [4.78, 5) is 14.6. The van der Waals surface area contributed by atoms with Crippen LogP contribution in [0.3, 0.4) is 0 Å². The van der Waals surface area contributed by atoms with Gasteiger partial charge in [-0.2, -0.15) is 0 Å². The lowest BCUT2D eigenvalue weighted by atomic mass is 9.82. The van der Waals surface area contributed by atoms with Crippen LogP contribution < -0.4 is 10.6 Å². The summed E-state index contributed by atoms with van der Waals surface area (Å²) in [6, 6.07) is 10.3. The largest absolute Gasteiger partial charge is 0.348 e. The molecule has 2 rings (SSSR count). The summed E-state index contributed by atoms with van der Waals surface area (Å²) in [6.45, 7) is 10.8. The Labute approximate surface area is 127 Å². The molecule has 1 unspecified atom stereocenters. The van der Waals surface area contributed by atoms with Crippen LogP contribution in [0.5, 0.6) is 0 Å². The molecule has 0 aromatic heterocycles. The lowest BCUT2D eigenvalue weighted by Crippen LogP contribution is -2.48. The van der Waals surface area contributed by atoms with E-state index in [1.165, 1.54) is 5.56 Å². The van der Waals surface area contributed by atoms with Gasteiger partial charge in [-0.25, -0.2) is 0 Å². The second kappa shape index (κ2) is 7.05. The first kappa shape index (κ1) is 16.0. The average Bonchev–Trinajstić information content (AvgIpc) is 2.45. The van der Waals surface area contributed by atoms with Crippen molar-refractivity contribution in [1.29, 1.82) is 0 Å². The summed E-state index contributed by atoms with van der Waals surface area (Å²) >= 11 is 0. The number of nitrogens with one attached hydrogen (secondary N) is 2. The first-order chi connectivity index (χ1) is 9.97. The minimum Gasteiger partial charge on any atom is -0.348 e. The Hall–Kier alpha value is -1.39. The Kier molecular flexibility index (Phi) is 5.37. The van der Waals surface area contributed by atoms with Crippen molar-refractivity contribution < 1.29 is 4.79 Å². The molecule has 0 saturated carbocycles. The zero-order chi connectivity index (χ0) is 15.3. The van der Waals surface area contributed by atoms with E-state index in [4.69, 9.17) is 0 Å². The van der Waals surface area contributed by atoms with Crippen molar-refractivity contribution in [1.82, 2.24) is 15.5 Å². The van der Waals surface area contributed by atoms with Gasteiger partial charge in [0.15, 0.2) is 0 Å². The maximum Gasteiger partial charge on any atom is 0.234 e. The quantitative estimate of drug-likeness (QED) is 0.888. The Morgan fingerprint density at radius 3 is 2.43 bits per heavy atom. The van der Waals surface area contributed by atoms with Crippen LogP contribution in [0.4, 0.5) is 0 Å². The van der Waals surface area contributed by atoms with Gasteiger partial charge in [-0.1, -0.05) is 51.1 Å². The van der Waals surface area contributed by atoms with Crippen molar-refractivity contribution in [3.63, 3.8) is 0 Å². The van der Waals surface area contributed by atoms with Gasteiger partial charge in [0.05, 0.1) is 12.6 Å². The predicted molar refractivity (Wildman–Crippen MR) is 86.1 cm³/mol. The van der Waals surface area contributed by atoms with Gasteiger partial charge in [0.1, 0.15) is 0 Å². The first-order valence-electron chi connectivity index (χ1n) is 7.74. The van der Waals surface area contributed by atoms with Gasteiger partial charge in [0, 0.05) is 26.2 Å². The normalized spacial score (nSPS) is 18.2. The molecule has 1 aromatic carbocycles. The van der Waals surface area contributed by atoms with Crippen molar-refractivity contribution in [2.24, 2.45) is 5.41 Å². The molecule has 1 heterocycles. The third kappa shape index (κ3) is 4.83. The number of carbonyl (C=O) groups excluding carboxylic acids is 1. The van der Waals surface area contributed by atoms with Gasteiger partial charge in [0.2, 0.25) is 5.91 Å². The molecule has 4 nitrogen and oxygen atoms in total. The van der Waals surface area contributed by atoms with E-state index in [0.29, 0.717) is 6.54 Å². The molecular formula is C17H27N3O. The summed E-state index contributed by atoms with van der Waals surface area (Å²) in [5.74, 6) is 0.112. The zero-order valence-corrected chi connectivity index (χ0v) is 13.4. The number of hydrogen-bond donors (Lipinski definition) is 2. The fraction of sp³-hybridized carbons (Fsp3) is 0.588. The second-order valence-corrected chi connectivity index (χ2v) is 6.80. The number of carbonyl (C=O) groups is 1. The zero-order valence-electron chi connectivity index (χ0n) is 13.4. The van der Waals surface area contributed by atoms with E-state index in [1.54, 1.807) is 0 Å². The SMILES string of the molecule is CC(C)(C)C(NC(=O)CN1CCNCC1)c1ccccc1. The summed E-state index contributed by atoms with van der Waals surface area (Å²) in [5.41, 5.74) is 1.15. The standard InChI is InChI=1S/C17H27N3O/c1-17(2,3)16(14-7-5-4-6-8-14)19-15(21)13-20-11-9-18-10-12-20/h4-8,16,18H,9-13H2,1-3H3,(H,19,21). The van der Waals surface area contributed by atoms with Gasteiger partial charge in [-0.3, -0.25) is 9.69 Å². The molecule has 0 radical (unpaired) electrons. The molecule has 0 bridgehead atoms. The number of hydrogen-bond acceptors (Lipinski definition) is 3. The van der Waals surface area contributed by atoms with Crippen LogP contribution in [0.25, 0.3) is 0 Å². The molecule has 0 spiro atoms. The number of nitrogens with zero attached hydrogens (tertiary/aromatic N) is 1. The second-order valence-electron chi connectivity index (χ2n) is 6.80. The van der Waals surface area contributed by atoms with Gasteiger partial charge in [-0.15, -0.1) is 0 Å². The summed E-state index contributed by atoms with van der Waals surface area (Å²) in [5, 5.41) is 6.53. The molecule has 1 saturated heterocycles. The van der Waals surface area contributed by atoms with Crippen LogP contribution in [-0.4, -0.2) is 43.5 Å². The van der Waals surface area contributed by atoms with E-state index in [0.717, 1.165) is 26.2 Å². The van der Waals surface area contributed by atoms with Crippen LogP contribution in [0.1, 0.15) is 32.4 Å². The van der Waals surface area contributed by atoms with E-state index >= 15 is 0 Å². The lowest BCUT2D eigenvalue weighted by Gasteiger charge is -2.33. The number of amides is 1. The highest BCUT2D eigenvalue weighted by Crippen LogP contribution is 2.32. The van der Waals surface area contributed by atoms with E-state index in [2.05, 4.69) is 48.4 Å². The van der Waals surface area contributed by atoms with Crippen molar-refractivity contribution in [3.8, 4) is 0 Å². The molecule has 1 atom stereocenters. The molecule has 21 heavy (non-hydrogen) atoms. The Balaban J connectivity index is 2.00. The summed E-state index contributed by atoms with van der Waals surface area (Å²) in [6.07, 6.45) is 0. The number of piperazine rings is 1. The van der Waals surface area contributed by atoms with Crippen LogP contribution in [0.2, 0.25) is 0 Å². The van der Waals surface area contributed by atoms with Crippen LogP contribution in [0.15, 0.2) is 30.3 Å². The molecule has 1 aliphatic rings. The lowest BCUT2D eigenvalue weighted by molar-refractivity contribution is -0.124. The van der Waals surface area contributed by atoms with Gasteiger partial charge in [0.25, 0.3) is 0 Å². The van der Waals surface area contributed by atoms with Gasteiger partial charge < -0.3 is 10.6 Å². The third-order valence-corrected chi connectivity index (χ3v) is 3.88. The third-order valence-electron chi connectivity index (χ3n) is 3.88. The van der Waals surface area contributed by atoms with Gasteiger partial charge >= 0.3 is 0 Å². The highest BCUT2D eigenvalue weighted by Gasteiger charge is 2.28. The Bertz CT molecular complexity index is 447. The minimum absolute atomic E-state index is 0.0134.